The Labute approximate surface area is 90.9 Å². The van der Waals surface area contributed by atoms with Crippen molar-refractivity contribution in [2.24, 2.45) is 5.73 Å². The molecule has 0 radical (unpaired) electrons. The molecule has 5 heteroatoms. The molecule has 0 bridgehead atoms. The highest BCUT2D eigenvalue weighted by atomic mass is 19.1. The van der Waals surface area contributed by atoms with Crippen LogP contribution in [-0.4, -0.2) is 22.6 Å². The molecule has 4 N–H and O–H groups in total. The van der Waals surface area contributed by atoms with Gasteiger partial charge in [0.15, 0.2) is 0 Å². The van der Waals surface area contributed by atoms with Crippen molar-refractivity contribution in [3.05, 3.63) is 35.8 Å². The van der Waals surface area contributed by atoms with Crippen LogP contribution in [0.3, 0.4) is 0 Å². The Hall–Kier alpha value is -1.88. The van der Waals surface area contributed by atoms with Gasteiger partial charge in [-0.15, -0.1) is 0 Å². The molecule has 1 heterocycles. The van der Waals surface area contributed by atoms with Crippen molar-refractivity contribution in [1.29, 1.82) is 0 Å². The molecule has 16 heavy (non-hydrogen) atoms. The fourth-order valence-electron chi connectivity index (χ4n) is 1.72. The molecule has 84 valence electrons. The maximum Gasteiger partial charge on any atom is 0.312 e. The highest BCUT2D eigenvalue weighted by Gasteiger charge is 2.22. The van der Waals surface area contributed by atoms with Gasteiger partial charge in [-0.3, -0.25) is 4.79 Å². The van der Waals surface area contributed by atoms with E-state index < -0.39 is 17.7 Å². The van der Waals surface area contributed by atoms with Crippen molar-refractivity contribution < 1.29 is 14.3 Å². The smallest absolute Gasteiger partial charge is 0.312 e. The number of carbonyl (C=O) groups is 1. The third-order valence-corrected chi connectivity index (χ3v) is 2.58. The van der Waals surface area contributed by atoms with Gasteiger partial charge in [-0.25, -0.2) is 4.39 Å². The van der Waals surface area contributed by atoms with Gasteiger partial charge in [-0.05, 0) is 18.2 Å². The number of hydrogen-bond acceptors (Lipinski definition) is 2. The largest absolute Gasteiger partial charge is 0.481 e. The summed E-state index contributed by atoms with van der Waals surface area (Å²) >= 11 is 0. The van der Waals surface area contributed by atoms with Crippen LogP contribution in [0.5, 0.6) is 0 Å². The van der Waals surface area contributed by atoms with Crippen LogP contribution >= 0.6 is 0 Å². The zero-order valence-corrected chi connectivity index (χ0v) is 8.40. The van der Waals surface area contributed by atoms with Gasteiger partial charge in [0.1, 0.15) is 5.82 Å². The Balaban J connectivity index is 2.57. The van der Waals surface area contributed by atoms with Gasteiger partial charge in [0.25, 0.3) is 0 Å². The summed E-state index contributed by atoms with van der Waals surface area (Å²) in [6, 6.07) is 4.53. The molecule has 1 aromatic heterocycles. The van der Waals surface area contributed by atoms with E-state index >= 15 is 0 Å². The van der Waals surface area contributed by atoms with Gasteiger partial charge in [-0.1, -0.05) is 0 Å². The first-order chi connectivity index (χ1) is 7.63. The SMILES string of the molecule is NCC(C(=O)O)c1cc2[nH]ccc2cc1F. The number of benzene rings is 1. The molecule has 2 rings (SSSR count). The molecule has 0 saturated carbocycles. The monoisotopic (exact) mass is 222 g/mol. The van der Waals surface area contributed by atoms with Crippen molar-refractivity contribution in [2.75, 3.05) is 6.54 Å². The zero-order valence-electron chi connectivity index (χ0n) is 8.40. The van der Waals surface area contributed by atoms with Gasteiger partial charge >= 0.3 is 5.97 Å². The molecule has 2 aromatic rings. The van der Waals surface area contributed by atoms with Crippen LogP contribution in [0, 0.1) is 5.82 Å². The fraction of sp³-hybridized carbons (Fsp3) is 0.182. The van der Waals surface area contributed by atoms with Crippen molar-refractivity contribution in [3.8, 4) is 0 Å². The first kappa shape index (κ1) is 10.6. The summed E-state index contributed by atoms with van der Waals surface area (Å²) in [5.41, 5.74) is 6.16. The molecular formula is C11H11FN2O2. The minimum Gasteiger partial charge on any atom is -0.481 e. The molecule has 0 aliphatic heterocycles. The molecule has 1 atom stereocenters. The lowest BCUT2D eigenvalue weighted by Gasteiger charge is -2.11. The lowest BCUT2D eigenvalue weighted by atomic mass is 9.98. The number of hydrogen-bond donors (Lipinski definition) is 3. The van der Waals surface area contributed by atoms with E-state index in [-0.39, 0.29) is 12.1 Å². The summed E-state index contributed by atoms with van der Waals surface area (Å²) in [4.78, 5) is 13.8. The highest BCUT2D eigenvalue weighted by Crippen LogP contribution is 2.24. The van der Waals surface area contributed by atoms with E-state index in [1.807, 2.05) is 0 Å². The molecule has 1 aromatic carbocycles. The van der Waals surface area contributed by atoms with E-state index in [0.717, 1.165) is 0 Å². The van der Waals surface area contributed by atoms with E-state index in [2.05, 4.69) is 4.98 Å². The Morgan fingerprint density at radius 3 is 2.94 bits per heavy atom. The van der Waals surface area contributed by atoms with Crippen LogP contribution in [-0.2, 0) is 4.79 Å². The summed E-state index contributed by atoms with van der Waals surface area (Å²) in [6.45, 7) is -0.127. The third kappa shape index (κ3) is 1.65. The number of aromatic nitrogens is 1. The number of halogens is 1. The summed E-state index contributed by atoms with van der Waals surface area (Å²) in [5.74, 6) is -2.66. The van der Waals surface area contributed by atoms with Crippen molar-refractivity contribution in [1.82, 2.24) is 4.98 Å². The Morgan fingerprint density at radius 1 is 1.56 bits per heavy atom. The number of nitrogens with two attached hydrogens (primary N) is 1. The van der Waals surface area contributed by atoms with Crippen LogP contribution in [0.2, 0.25) is 0 Å². The second-order valence-corrected chi connectivity index (χ2v) is 3.57. The predicted octanol–water partition coefficient (Wildman–Crippen LogP) is 1.43. The van der Waals surface area contributed by atoms with Crippen LogP contribution in [0.25, 0.3) is 10.9 Å². The van der Waals surface area contributed by atoms with Crippen LogP contribution < -0.4 is 5.73 Å². The number of fused-ring (bicyclic) bond motifs is 1. The first-order valence-corrected chi connectivity index (χ1v) is 4.83. The van der Waals surface area contributed by atoms with Gasteiger partial charge in [-0.2, -0.15) is 0 Å². The Morgan fingerprint density at radius 2 is 2.31 bits per heavy atom. The number of aromatic amines is 1. The van der Waals surface area contributed by atoms with Crippen LogP contribution in [0.15, 0.2) is 24.4 Å². The second kappa shape index (κ2) is 3.94. The number of rotatable bonds is 3. The lowest BCUT2D eigenvalue weighted by Crippen LogP contribution is -2.22. The Kier molecular flexibility index (Phi) is 2.62. The molecular weight excluding hydrogens is 211 g/mol. The normalized spacial score (nSPS) is 12.9. The highest BCUT2D eigenvalue weighted by molar-refractivity contribution is 5.83. The van der Waals surface area contributed by atoms with E-state index in [1.165, 1.54) is 12.1 Å². The van der Waals surface area contributed by atoms with E-state index in [0.29, 0.717) is 10.9 Å². The Bertz CT molecular complexity index is 536. The quantitative estimate of drug-likeness (QED) is 0.735. The zero-order chi connectivity index (χ0) is 11.7. The molecule has 0 spiro atoms. The van der Waals surface area contributed by atoms with Crippen LogP contribution in [0.4, 0.5) is 4.39 Å². The number of nitrogens with one attached hydrogen (secondary N) is 1. The first-order valence-electron chi connectivity index (χ1n) is 4.83. The third-order valence-electron chi connectivity index (χ3n) is 2.58. The summed E-state index contributed by atoms with van der Waals surface area (Å²) in [7, 11) is 0. The maximum absolute atomic E-state index is 13.7. The number of carboxylic acids is 1. The topological polar surface area (TPSA) is 79.1 Å². The molecule has 0 saturated heterocycles. The standard InChI is InChI=1S/C11H11FN2O2/c12-9-3-6-1-2-14-10(6)4-7(9)8(5-13)11(15)16/h1-4,8,14H,5,13H2,(H,15,16). The second-order valence-electron chi connectivity index (χ2n) is 3.57. The van der Waals surface area contributed by atoms with Crippen LogP contribution in [0.1, 0.15) is 11.5 Å². The van der Waals surface area contributed by atoms with Gasteiger partial charge in [0, 0.05) is 29.2 Å². The average Bonchev–Trinajstić information content (AvgIpc) is 2.65. The molecule has 0 fully saturated rings. The van der Waals surface area contributed by atoms with Gasteiger partial charge in [0.2, 0.25) is 0 Å². The average molecular weight is 222 g/mol. The summed E-state index contributed by atoms with van der Waals surface area (Å²) in [5, 5.41) is 9.63. The molecule has 1 unspecified atom stereocenters. The van der Waals surface area contributed by atoms with Crippen molar-refractivity contribution in [2.45, 2.75) is 5.92 Å². The molecule has 0 amide bonds. The number of carboxylic acid groups (broad SMARTS) is 1. The van der Waals surface area contributed by atoms with E-state index in [1.54, 1.807) is 12.3 Å². The molecule has 4 nitrogen and oxygen atoms in total. The molecule has 0 aliphatic carbocycles. The fourth-order valence-corrected chi connectivity index (χ4v) is 1.72. The van der Waals surface area contributed by atoms with E-state index in [4.69, 9.17) is 10.8 Å². The lowest BCUT2D eigenvalue weighted by molar-refractivity contribution is -0.138. The van der Waals surface area contributed by atoms with Crippen molar-refractivity contribution >= 4 is 16.9 Å². The predicted molar refractivity (Wildman–Crippen MR) is 57.7 cm³/mol. The van der Waals surface area contributed by atoms with Crippen molar-refractivity contribution in [3.63, 3.8) is 0 Å². The summed E-state index contributed by atoms with van der Waals surface area (Å²) < 4.78 is 13.7. The maximum atomic E-state index is 13.7. The minimum absolute atomic E-state index is 0.116. The number of H-pyrrole nitrogens is 1. The van der Waals surface area contributed by atoms with E-state index in [9.17, 15) is 9.18 Å². The van der Waals surface area contributed by atoms with Gasteiger partial charge < -0.3 is 15.8 Å². The minimum atomic E-state index is -1.12. The number of aliphatic carboxylic acids is 1. The molecule has 0 aliphatic rings. The van der Waals surface area contributed by atoms with Gasteiger partial charge in [0.05, 0.1) is 5.92 Å². The summed E-state index contributed by atoms with van der Waals surface area (Å²) in [6.07, 6.45) is 1.67.